The molecule has 2 aromatic rings. The highest BCUT2D eigenvalue weighted by atomic mass is 16.6. The highest BCUT2D eigenvalue weighted by molar-refractivity contribution is 5.54. The number of anilines is 1. The van der Waals surface area contributed by atoms with Gasteiger partial charge in [-0.3, -0.25) is 10.1 Å². The first kappa shape index (κ1) is 16.3. The number of ether oxygens (including phenoxy) is 2. The Bertz CT molecular complexity index is 708. The van der Waals surface area contributed by atoms with Gasteiger partial charge in [0.2, 0.25) is 5.75 Å². The summed E-state index contributed by atoms with van der Waals surface area (Å²) in [5, 5.41) is 23.7. The van der Waals surface area contributed by atoms with E-state index >= 15 is 0 Å². The summed E-state index contributed by atoms with van der Waals surface area (Å²) in [6, 6.07) is 4.94. The lowest BCUT2D eigenvalue weighted by Crippen LogP contribution is -2.03. The molecule has 0 amide bonds. The molecule has 8 nitrogen and oxygen atoms in total. The minimum atomic E-state index is -0.470. The second-order valence-electron chi connectivity index (χ2n) is 4.82. The maximum absolute atomic E-state index is 10.8. The van der Waals surface area contributed by atoms with Crippen LogP contribution in [0.4, 0.5) is 11.5 Å². The summed E-state index contributed by atoms with van der Waals surface area (Å²) < 4.78 is 10.2. The summed E-state index contributed by atoms with van der Waals surface area (Å²) in [5.74, 6) is 1.05. The number of aromatic hydroxyl groups is 1. The summed E-state index contributed by atoms with van der Waals surface area (Å²) in [4.78, 5) is 14.3. The van der Waals surface area contributed by atoms with E-state index in [2.05, 4.69) is 10.3 Å². The molecule has 0 saturated heterocycles. The van der Waals surface area contributed by atoms with Gasteiger partial charge in [-0.05, 0) is 30.7 Å². The number of hydrogen-bond acceptors (Lipinski definition) is 7. The second kappa shape index (κ2) is 6.82. The number of nitrogens with zero attached hydrogens (tertiary/aromatic N) is 2. The molecule has 1 aromatic heterocycles. The number of rotatable bonds is 6. The second-order valence-corrected chi connectivity index (χ2v) is 4.82. The smallest absolute Gasteiger partial charge is 0.290 e. The first-order valence-electron chi connectivity index (χ1n) is 6.75. The fraction of sp³-hybridized carbons (Fsp3) is 0.267. The SMILES string of the molecule is COc1cc(CNc2cc(C)c([N+](=O)[O-])cn2)cc(OC)c1O. The van der Waals surface area contributed by atoms with E-state index < -0.39 is 4.92 Å². The molecule has 0 aliphatic rings. The monoisotopic (exact) mass is 319 g/mol. The minimum absolute atomic E-state index is 0.0245. The Kier molecular flexibility index (Phi) is 4.85. The molecule has 0 radical (unpaired) electrons. The molecule has 2 rings (SSSR count). The van der Waals surface area contributed by atoms with Gasteiger partial charge in [0.1, 0.15) is 12.0 Å². The number of hydrogen-bond donors (Lipinski definition) is 2. The van der Waals surface area contributed by atoms with Crippen molar-refractivity contribution >= 4 is 11.5 Å². The first-order chi connectivity index (χ1) is 11.0. The molecule has 0 atom stereocenters. The van der Waals surface area contributed by atoms with E-state index in [1.807, 2.05) is 0 Å². The number of benzene rings is 1. The lowest BCUT2D eigenvalue weighted by molar-refractivity contribution is -0.385. The van der Waals surface area contributed by atoms with Gasteiger partial charge in [-0.15, -0.1) is 0 Å². The van der Waals surface area contributed by atoms with Crippen LogP contribution >= 0.6 is 0 Å². The van der Waals surface area contributed by atoms with Crippen LogP contribution in [0.25, 0.3) is 0 Å². The van der Waals surface area contributed by atoms with E-state index in [0.29, 0.717) is 29.4 Å². The zero-order chi connectivity index (χ0) is 17.0. The molecule has 0 fully saturated rings. The molecule has 0 spiro atoms. The molecule has 0 saturated carbocycles. The summed E-state index contributed by atoms with van der Waals surface area (Å²) >= 11 is 0. The van der Waals surface area contributed by atoms with Crippen molar-refractivity contribution in [2.24, 2.45) is 0 Å². The maximum atomic E-state index is 10.8. The van der Waals surface area contributed by atoms with Crippen molar-refractivity contribution in [2.75, 3.05) is 19.5 Å². The molecule has 0 unspecified atom stereocenters. The van der Waals surface area contributed by atoms with Crippen LogP contribution in [0.3, 0.4) is 0 Å². The van der Waals surface area contributed by atoms with Crippen LogP contribution in [-0.4, -0.2) is 29.2 Å². The van der Waals surface area contributed by atoms with Crippen LogP contribution in [0.5, 0.6) is 17.2 Å². The molecule has 2 N–H and O–H groups in total. The highest BCUT2D eigenvalue weighted by Crippen LogP contribution is 2.37. The van der Waals surface area contributed by atoms with Crippen molar-refractivity contribution in [1.82, 2.24) is 4.98 Å². The lowest BCUT2D eigenvalue weighted by Gasteiger charge is -2.12. The minimum Gasteiger partial charge on any atom is -0.502 e. The van der Waals surface area contributed by atoms with Crippen molar-refractivity contribution < 1.29 is 19.5 Å². The van der Waals surface area contributed by atoms with Crippen molar-refractivity contribution in [3.8, 4) is 17.2 Å². The number of nitro groups is 1. The number of phenolic OH excluding ortho intramolecular Hbond substituents is 1. The van der Waals surface area contributed by atoms with Gasteiger partial charge in [0, 0.05) is 12.1 Å². The Labute approximate surface area is 132 Å². The number of pyridine rings is 1. The fourth-order valence-corrected chi connectivity index (χ4v) is 2.08. The Morgan fingerprint density at radius 2 is 1.87 bits per heavy atom. The van der Waals surface area contributed by atoms with Crippen LogP contribution in [0.1, 0.15) is 11.1 Å². The Hall–Kier alpha value is -3.03. The number of aryl methyl sites for hydroxylation is 1. The summed E-state index contributed by atoms with van der Waals surface area (Å²) in [5.41, 5.74) is 1.30. The molecule has 23 heavy (non-hydrogen) atoms. The summed E-state index contributed by atoms with van der Waals surface area (Å²) in [6.07, 6.45) is 1.22. The van der Waals surface area contributed by atoms with Crippen LogP contribution in [0, 0.1) is 17.0 Å². The summed E-state index contributed by atoms with van der Waals surface area (Å²) in [6.45, 7) is 2.04. The normalized spacial score (nSPS) is 10.2. The molecule has 1 heterocycles. The maximum Gasteiger partial charge on any atom is 0.290 e. The lowest BCUT2D eigenvalue weighted by atomic mass is 10.1. The van der Waals surface area contributed by atoms with Crippen LogP contribution in [-0.2, 0) is 6.54 Å². The predicted octanol–water partition coefficient (Wildman–Crippen LogP) is 2.63. The van der Waals surface area contributed by atoms with E-state index in [4.69, 9.17) is 9.47 Å². The van der Waals surface area contributed by atoms with Gasteiger partial charge in [0.05, 0.1) is 19.1 Å². The molecule has 0 aliphatic carbocycles. The molecule has 0 aliphatic heterocycles. The van der Waals surface area contributed by atoms with Crippen molar-refractivity contribution in [1.29, 1.82) is 0 Å². The third-order valence-electron chi connectivity index (χ3n) is 3.29. The van der Waals surface area contributed by atoms with Crippen molar-refractivity contribution in [3.63, 3.8) is 0 Å². The van der Waals surface area contributed by atoms with Gasteiger partial charge < -0.3 is 19.9 Å². The molecule has 122 valence electrons. The summed E-state index contributed by atoms with van der Waals surface area (Å²) in [7, 11) is 2.90. The van der Waals surface area contributed by atoms with Crippen LogP contribution in [0.15, 0.2) is 24.4 Å². The Morgan fingerprint density at radius 1 is 1.26 bits per heavy atom. The quantitative estimate of drug-likeness (QED) is 0.622. The van der Waals surface area contributed by atoms with E-state index in [0.717, 1.165) is 5.56 Å². The average molecular weight is 319 g/mol. The molecular formula is C15H17N3O5. The van der Waals surface area contributed by atoms with Gasteiger partial charge in [0.25, 0.3) is 5.69 Å². The van der Waals surface area contributed by atoms with Crippen molar-refractivity contribution in [2.45, 2.75) is 13.5 Å². The van der Waals surface area contributed by atoms with E-state index in [1.165, 1.54) is 20.4 Å². The topological polar surface area (TPSA) is 107 Å². The third kappa shape index (κ3) is 3.60. The molecular weight excluding hydrogens is 302 g/mol. The van der Waals surface area contributed by atoms with Gasteiger partial charge >= 0.3 is 0 Å². The van der Waals surface area contributed by atoms with E-state index in [-0.39, 0.29) is 11.4 Å². The average Bonchev–Trinajstić information content (AvgIpc) is 2.53. The van der Waals surface area contributed by atoms with Gasteiger partial charge in [0.15, 0.2) is 11.5 Å². The number of aromatic nitrogens is 1. The predicted molar refractivity (Wildman–Crippen MR) is 84.2 cm³/mol. The van der Waals surface area contributed by atoms with Crippen LogP contribution in [0.2, 0.25) is 0 Å². The first-order valence-corrected chi connectivity index (χ1v) is 6.75. The molecule has 1 aromatic carbocycles. The fourth-order valence-electron chi connectivity index (χ4n) is 2.08. The standard InChI is InChI=1S/C15H17N3O5/c1-9-4-14(17-8-11(9)18(20)21)16-7-10-5-12(22-2)15(19)13(6-10)23-3/h4-6,8,19H,7H2,1-3H3,(H,16,17). The van der Waals surface area contributed by atoms with E-state index in [9.17, 15) is 15.2 Å². The van der Waals surface area contributed by atoms with Gasteiger partial charge in [-0.25, -0.2) is 4.98 Å². The number of methoxy groups -OCH3 is 2. The molecule has 0 bridgehead atoms. The zero-order valence-corrected chi connectivity index (χ0v) is 13.0. The third-order valence-corrected chi connectivity index (χ3v) is 3.29. The Morgan fingerprint density at radius 3 is 2.35 bits per heavy atom. The number of nitrogens with one attached hydrogen (secondary N) is 1. The van der Waals surface area contributed by atoms with Crippen molar-refractivity contribution in [3.05, 3.63) is 45.6 Å². The highest BCUT2D eigenvalue weighted by Gasteiger charge is 2.13. The van der Waals surface area contributed by atoms with Crippen LogP contribution < -0.4 is 14.8 Å². The number of phenols is 1. The van der Waals surface area contributed by atoms with Gasteiger partial charge in [-0.2, -0.15) is 0 Å². The molecule has 8 heteroatoms. The van der Waals surface area contributed by atoms with E-state index in [1.54, 1.807) is 25.1 Å². The zero-order valence-electron chi connectivity index (χ0n) is 13.0. The Balaban J connectivity index is 2.18. The largest absolute Gasteiger partial charge is 0.502 e. The van der Waals surface area contributed by atoms with Gasteiger partial charge in [-0.1, -0.05) is 0 Å².